The number of hydrogen-bond acceptors (Lipinski definition) is 5. The molecule has 3 aliphatic rings. The topological polar surface area (TPSA) is 74.1 Å². The van der Waals surface area contributed by atoms with Crippen molar-refractivity contribution >= 4 is 11.7 Å². The van der Waals surface area contributed by atoms with Gasteiger partial charge in [-0.25, -0.2) is 9.86 Å². The monoisotopic (exact) mass is 377 g/mol. The lowest BCUT2D eigenvalue weighted by Crippen LogP contribution is -2.40. The Bertz CT molecular complexity index is 940. The highest BCUT2D eigenvalue weighted by Gasteiger charge is 2.31. The van der Waals surface area contributed by atoms with Crippen molar-refractivity contribution in [2.24, 2.45) is 5.73 Å². The molecule has 7 nitrogen and oxygen atoms in total. The van der Waals surface area contributed by atoms with Gasteiger partial charge in [0.2, 0.25) is 0 Å². The number of urea groups is 1. The molecule has 2 atom stereocenters. The fraction of sp³-hybridized carbons (Fsp3) is 0.286. The quantitative estimate of drug-likeness (QED) is 0.735. The SMILES string of the molecule is C[C@@H]1CCON1C(=O)Nc1cccc(C#CC2=CN(C)[C@@H]3C(N)=CC=CN23)c1. The van der Waals surface area contributed by atoms with Crippen LogP contribution in [0.5, 0.6) is 0 Å². The molecule has 1 aromatic carbocycles. The minimum Gasteiger partial charge on any atom is -0.399 e. The van der Waals surface area contributed by atoms with Crippen LogP contribution >= 0.6 is 0 Å². The molecule has 4 rings (SSSR count). The van der Waals surface area contributed by atoms with Gasteiger partial charge in [-0.3, -0.25) is 4.84 Å². The zero-order chi connectivity index (χ0) is 19.7. The number of hydroxylamine groups is 2. The number of rotatable bonds is 1. The first-order valence-electron chi connectivity index (χ1n) is 9.24. The van der Waals surface area contributed by atoms with Gasteiger partial charge in [-0.15, -0.1) is 0 Å². The number of anilines is 1. The summed E-state index contributed by atoms with van der Waals surface area (Å²) in [7, 11) is 1.98. The van der Waals surface area contributed by atoms with Crippen molar-refractivity contribution in [2.75, 3.05) is 19.0 Å². The number of allylic oxidation sites excluding steroid dienone is 3. The molecule has 0 aromatic heterocycles. The van der Waals surface area contributed by atoms with E-state index in [-0.39, 0.29) is 18.2 Å². The normalized spacial score (nSPS) is 23.0. The number of likely N-dealkylation sites (N-methyl/N-ethyl adjacent to an activating group) is 1. The predicted octanol–water partition coefficient (Wildman–Crippen LogP) is 2.38. The lowest BCUT2D eigenvalue weighted by molar-refractivity contribution is -0.0787. The highest BCUT2D eigenvalue weighted by Crippen LogP contribution is 2.27. The summed E-state index contributed by atoms with van der Waals surface area (Å²) < 4.78 is 0. The van der Waals surface area contributed by atoms with E-state index in [0.717, 1.165) is 23.4 Å². The molecule has 0 unspecified atom stereocenters. The number of fused-ring (bicyclic) bond motifs is 1. The second-order valence-electron chi connectivity index (χ2n) is 7.03. The van der Waals surface area contributed by atoms with Crippen LogP contribution in [0.1, 0.15) is 18.9 Å². The fourth-order valence-electron chi connectivity index (χ4n) is 3.46. The molecule has 0 bridgehead atoms. The summed E-state index contributed by atoms with van der Waals surface area (Å²) in [5.74, 6) is 6.37. The van der Waals surface area contributed by atoms with Crippen molar-refractivity contribution in [1.29, 1.82) is 0 Å². The first-order valence-corrected chi connectivity index (χ1v) is 9.24. The number of benzene rings is 1. The third-order valence-electron chi connectivity index (χ3n) is 4.90. The molecule has 1 aromatic rings. The second-order valence-corrected chi connectivity index (χ2v) is 7.03. The fourth-order valence-corrected chi connectivity index (χ4v) is 3.46. The van der Waals surface area contributed by atoms with Crippen LogP contribution in [0.25, 0.3) is 0 Å². The summed E-state index contributed by atoms with van der Waals surface area (Å²) in [4.78, 5) is 21.8. The molecule has 144 valence electrons. The van der Waals surface area contributed by atoms with E-state index < -0.39 is 0 Å². The van der Waals surface area contributed by atoms with Crippen LogP contribution in [0.4, 0.5) is 10.5 Å². The van der Waals surface area contributed by atoms with E-state index in [1.54, 1.807) is 0 Å². The first-order chi connectivity index (χ1) is 13.5. The number of nitrogens with zero attached hydrogens (tertiary/aromatic N) is 3. The molecule has 28 heavy (non-hydrogen) atoms. The summed E-state index contributed by atoms with van der Waals surface area (Å²) in [6.07, 6.45) is 8.58. The van der Waals surface area contributed by atoms with E-state index in [1.165, 1.54) is 5.06 Å². The lowest BCUT2D eigenvalue weighted by atomic mass is 10.2. The van der Waals surface area contributed by atoms with Gasteiger partial charge < -0.3 is 20.9 Å². The maximum atomic E-state index is 12.3. The van der Waals surface area contributed by atoms with Gasteiger partial charge in [0.05, 0.1) is 18.3 Å². The van der Waals surface area contributed by atoms with Gasteiger partial charge in [-0.1, -0.05) is 12.0 Å². The number of hydrogen-bond donors (Lipinski definition) is 2. The summed E-state index contributed by atoms with van der Waals surface area (Å²) in [6, 6.07) is 7.27. The Balaban J connectivity index is 1.48. The molecule has 3 N–H and O–H groups in total. The van der Waals surface area contributed by atoms with Crippen LogP contribution in [-0.4, -0.2) is 46.8 Å². The molecule has 0 aliphatic carbocycles. The molecule has 7 heteroatoms. The summed E-state index contributed by atoms with van der Waals surface area (Å²) >= 11 is 0. The number of nitrogens with two attached hydrogens (primary N) is 1. The largest absolute Gasteiger partial charge is 0.399 e. The van der Waals surface area contributed by atoms with E-state index in [1.807, 2.05) is 72.6 Å². The minimum atomic E-state index is -0.265. The van der Waals surface area contributed by atoms with E-state index in [0.29, 0.717) is 12.3 Å². The molecule has 0 spiro atoms. The standard InChI is InChI=1S/C21H23N5O2/c1-15-10-12-28-26(15)21(27)23-17-6-3-5-16(13-17)8-9-18-14-24(2)20-19(22)7-4-11-25(18)20/h3-7,11,13-15,20H,10,12,22H2,1-2H3,(H,23,27)/t15-,20+/m1/s1. The third-order valence-corrected chi connectivity index (χ3v) is 4.90. The maximum absolute atomic E-state index is 12.3. The maximum Gasteiger partial charge on any atom is 0.346 e. The Labute approximate surface area is 164 Å². The van der Waals surface area contributed by atoms with Gasteiger partial charge in [-0.2, -0.15) is 0 Å². The lowest BCUT2D eigenvalue weighted by Gasteiger charge is -2.31. The molecule has 0 radical (unpaired) electrons. The van der Waals surface area contributed by atoms with E-state index in [9.17, 15) is 4.79 Å². The summed E-state index contributed by atoms with van der Waals surface area (Å²) in [6.45, 7) is 2.53. The molecular weight excluding hydrogens is 354 g/mol. The highest BCUT2D eigenvalue weighted by molar-refractivity contribution is 5.89. The molecular formula is C21H23N5O2. The highest BCUT2D eigenvalue weighted by atomic mass is 16.7. The summed E-state index contributed by atoms with van der Waals surface area (Å²) in [5.41, 5.74) is 9.24. The van der Waals surface area contributed by atoms with Crippen LogP contribution in [-0.2, 0) is 4.84 Å². The Morgan fingerprint density at radius 1 is 1.36 bits per heavy atom. The van der Waals surface area contributed by atoms with Crippen molar-refractivity contribution in [3.05, 3.63) is 65.8 Å². The average Bonchev–Trinajstić information content (AvgIpc) is 3.24. The van der Waals surface area contributed by atoms with Crippen LogP contribution < -0.4 is 11.1 Å². The van der Waals surface area contributed by atoms with Gasteiger partial charge >= 0.3 is 6.03 Å². The van der Waals surface area contributed by atoms with Crippen molar-refractivity contribution in [3.8, 4) is 11.8 Å². The Kier molecular flexibility index (Phi) is 4.72. The van der Waals surface area contributed by atoms with Gasteiger partial charge in [-0.05, 0) is 49.6 Å². The number of amides is 2. The molecule has 3 aliphatic heterocycles. The predicted molar refractivity (Wildman–Crippen MR) is 107 cm³/mol. The molecule has 0 saturated carbocycles. The minimum absolute atomic E-state index is 0.0256. The van der Waals surface area contributed by atoms with Gasteiger partial charge in [0.15, 0.2) is 0 Å². The molecule has 1 saturated heterocycles. The summed E-state index contributed by atoms with van der Waals surface area (Å²) in [5, 5.41) is 4.25. The van der Waals surface area contributed by atoms with E-state index in [2.05, 4.69) is 17.2 Å². The number of carbonyl (C=O) groups is 1. The zero-order valence-electron chi connectivity index (χ0n) is 15.9. The van der Waals surface area contributed by atoms with Crippen molar-refractivity contribution < 1.29 is 9.63 Å². The zero-order valence-corrected chi connectivity index (χ0v) is 15.9. The van der Waals surface area contributed by atoms with Crippen molar-refractivity contribution in [2.45, 2.75) is 25.6 Å². The van der Waals surface area contributed by atoms with Crippen molar-refractivity contribution in [1.82, 2.24) is 14.9 Å². The molecule has 3 heterocycles. The Morgan fingerprint density at radius 3 is 3.00 bits per heavy atom. The van der Waals surface area contributed by atoms with E-state index in [4.69, 9.17) is 10.6 Å². The van der Waals surface area contributed by atoms with Crippen LogP contribution in [0, 0.1) is 11.8 Å². The Morgan fingerprint density at radius 2 is 2.21 bits per heavy atom. The Hall–Kier alpha value is -3.37. The molecule has 2 amide bonds. The van der Waals surface area contributed by atoms with Gasteiger partial charge in [0.25, 0.3) is 0 Å². The third kappa shape index (κ3) is 3.42. The first kappa shape index (κ1) is 18.0. The second kappa shape index (κ2) is 7.33. The van der Waals surface area contributed by atoms with Gasteiger partial charge in [0.1, 0.15) is 11.9 Å². The number of carbonyl (C=O) groups excluding carboxylic acids is 1. The average molecular weight is 377 g/mol. The smallest absolute Gasteiger partial charge is 0.346 e. The molecule has 1 fully saturated rings. The van der Waals surface area contributed by atoms with Gasteiger partial charge in [0, 0.05) is 30.7 Å². The van der Waals surface area contributed by atoms with Crippen molar-refractivity contribution in [3.63, 3.8) is 0 Å². The van der Waals surface area contributed by atoms with Crippen LogP contribution in [0.3, 0.4) is 0 Å². The van der Waals surface area contributed by atoms with Crippen LogP contribution in [0.2, 0.25) is 0 Å². The number of nitrogens with one attached hydrogen (secondary N) is 1. The van der Waals surface area contributed by atoms with E-state index >= 15 is 0 Å². The van der Waals surface area contributed by atoms with Crippen LogP contribution in [0.15, 0.2) is 60.2 Å².